The number of nitrogens with one attached hydrogen (secondary N) is 1. The van der Waals surface area contributed by atoms with E-state index in [4.69, 9.17) is 17.3 Å². The van der Waals surface area contributed by atoms with E-state index in [1.54, 1.807) is 42.5 Å². The number of aryl methyl sites for hydroxylation is 1. The number of halogens is 1. The fourth-order valence-corrected chi connectivity index (χ4v) is 4.83. The summed E-state index contributed by atoms with van der Waals surface area (Å²) in [4.78, 5) is 12.3. The molecule has 2 atom stereocenters. The minimum absolute atomic E-state index is 0.0946. The molecule has 0 saturated heterocycles. The molecule has 0 saturated carbocycles. The minimum atomic E-state index is -3.90. The first-order valence-electron chi connectivity index (χ1n) is 8.95. The van der Waals surface area contributed by atoms with E-state index in [0.29, 0.717) is 16.1 Å². The van der Waals surface area contributed by atoms with Crippen molar-refractivity contribution in [3.05, 3.63) is 101 Å². The molecule has 3 aromatic rings. The molecule has 3 rings (SSSR count). The third-order valence-corrected chi connectivity index (χ3v) is 6.74. The summed E-state index contributed by atoms with van der Waals surface area (Å²) in [6.45, 7) is 1.87. The molecule has 1 amide bonds. The van der Waals surface area contributed by atoms with Crippen LogP contribution in [0.25, 0.3) is 0 Å². The van der Waals surface area contributed by atoms with Gasteiger partial charge in [-0.2, -0.15) is 0 Å². The topological polar surface area (TPSA) is 89.3 Å². The molecule has 0 aliphatic carbocycles. The van der Waals surface area contributed by atoms with Crippen molar-refractivity contribution >= 4 is 27.3 Å². The van der Waals surface area contributed by atoms with Crippen LogP contribution in [0.1, 0.15) is 28.1 Å². The Balaban J connectivity index is 2.10. The molecule has 0 aliphatic heterocycles. The summed E-state index contributed by atoms with van der Waals surface area (Å²) in [5.41, 5.74) is 7.62. The van der Waals surface area contributed by atoms with Crippen molar-refractivity contribution in [3.8, 4) is 0 Å². The van der Waals surface area contributed by atoms with Gasteiger partial charge in [-0.1, -0.05) is 71.8 Å². The van der Waals surface area contributed by atoms with E-state index in [2.05, 4.69) is 5.32 Å². The van der Waals surface area contributed by atoms with Gasteiger partial charge in [0.25, 0.3) is 0 Å². The van der Waals surface area contributed by atoms with Gasteiger partial charge in [-0.05, 0) is 42.3 Å². The van der Waals surface area contributed by atoms with E-state index < -0.39 is 27.2 Å². The summed E-state index contributed by atoms with van der Waals surface area (Å²) in [7, 11) is -3.90. The van der Waals surface area contributed by atoms with Crippen molar-refractivity contribution in [1.82, 2.24) is 5.32 Å². The van der Waals surface area contributed by atoms with Crippen molar-refractivity contribution in [2.75, 3.05) is 0 Å². The average molecular weight is 429 g/mol. The Bertz CT molecular complexity index is 1100. The normalized spacial score (nSPS) is 13.6. The number of amides is 1. The number of carbonyl (C=O) groups is 1. The molecule has 0 bridgehead atoms. The van der Waals surface area contributed by atoms with Gasteiger partial charge in [0.1, 0.15) is 11.4 Å². The molecule has 150 valence electrons. The number of primary amides is 1. The predicted octanol–water partition coefficient (Wildman–Crippen LogP) is 3.94. The van der Waals surface area contributed by atoms with Gasteiger partial charge in [-0.3, -0.25) is 10.1 Å². The van der Waals surface area contributed by atoms with Crippen LogP contribution in [0, 0.1) is 6.92 Å². The Morgan fingerprint density at radius 3 is 2.14 bits per heavy atom. The lowest BCUT2D eigenvalue weighted by Gasteiger charge is -2.25. The Hall–Kier alpha value is -2.67. The second kappa shape index (κ2) is 8.78. The van der Waals surface area contributed by atoms with Crippen LogP contribution < -0.4 is 11.1 Å². The van der Waals surface area contributed by atoms with Gasteiger partial charge in [-0.15, -0.1) is 0 Å². The van der Waals surface area contributed by atoms with Crippen LogP contribution in [-0.2, 0) is 14.6 Å². The third-order valence-electron chi connectivity index (χ3n) is 4.53. The maximum Gasteiger partial charge on any atom is 0.239 e. The van der Waals surface area contributed by atoms with Gasteiger partial charge in [0, 0.05) is 5.02 Å². The molecule has 0 aromatic heterocycles. The Morgan fingerprint density at radius 2 is 1.55 bits per heavy atom. The van der Waals surface area contributed by atoms with Gasteiger partial charge in [0.2, 0.25) is 5.91 Å². The lowest BCUT2D eigenvalue weighted by Crippen LogP contribution is -2.39. The van der Waals surface area contributed by atoms with Crippen molar-refractivity contribution in [3.63, 3.8) is 0 Å². The molecule has 0 fully saturated rings. The second-order valence-corrected chi connectivity index (χ2v) is 9.18. The van der Waals surface area contributed by atoms with Crippen LogP contribution in [0.3, 0.4) is 0 Å². The van der Waals surface area contributed by atoms with Gasteiger partial charge in [0.15, 0.2) is 9.84 Å². The van der Waals surface area contributed by atoms with Crippen molar-refractivity contribution in [1.29, 1.82) is 0 Å². The van der Waals surface area contributed by atoms with Gasteiger partial charge in [-0.25, -0.2) is 8.42 Å². The Morgan fingerprint density at radius 1 is 0.931 bits per heavy atom. The zero-order valence-electron chi connectivity index (χ0n) is 15.7. The number of sulfone groups is 1. The number of carbonyl (C=O) groups excluding carboxylic acids is 1. The second-order valence-electron chi connectivity index (χ2n) is 6.71. The molecule has 5 nitrogen and oxygen atoms in total. The molecule has 3 N–H and O–H groups in total. The van der Waals surface area contributed by atoms with Gasteiger partial charge < -0.3 is 5.73 Å². The Labute approximate surface area is 175 Å². The lowest BCUT2D eigenvalue weighted by molar-refractivity contribution is -0.120. The number of rotatable bonds is 7. The zero-order valence-corrected chi connectivity index (χ0v) is 17.3. The zero-order chi connectivity index (χ0) is 21.0. The summed E-state index contributed by atoms with van der Waals surface area (Å²) in [6.07, 6.45) is 0. The summed E-state index contributed by atoms with van der Waals surface area (Å²) in [5, 5.41) is 2.23. The summed E-state index contributed by atoms with van der Waals surface area (Å²) < 4.78 is 27.0. The molecular formula is C22H21ClN2O3S. The molecule has 3 aromatic carbocycles. The smallest absolute Gasteiger partial charge is 0.239 e. The highest BCUT2D eigenvalue weighted by molar-refractivity contribution is 7.91. The molecule has 29 heavy (non-hydrogen) atoms. The van der Waals surface area contributed by atoms with Crippen LogP contribution in [0.2, 0.25) is 5.02 Å². The Kier molecular flexibility index (Phi) is 6.37. The van der Waals surface area contributed by atoms with Crippen LogP contribution in [0.5, 0.6) is 0 Å². The van der Waals surface area contributed by atoms with Crippen LogP contribution >= 0.6 is 11.6 Å². The molecule has 0 aliphatic rings. The van der Waals surface area contributed by atoms with E-state index in [-0.39, 0.29) is 4.90 Å². The standard InChI is InChI=1S/C22H21ClN2O3S/c1-15-6-5-9-17(14-15)22(29(27,28)19-12-10-18(23)11-13-19)25-20(21(24)26)16-7-3-2-4-8-16/h2-14,20,22,25H,1H3,(H2,24,26)/t20?,22-/m1/s1. The monoisotopic (exact) mass is 428 g/mol. The lowest BCUT2D eigenvalue weighted by atomic mass is 10.1. The fraction of sp³-hybridized carbons (Fsp3) is 0.136. The fourth-order valence-electron chi connectivity index (χ4n) is 3.10. The van der Waals surface area contributed by atoms with Crippen LogP contribution in [0.15, 0.2) is 83.8 Å². The molecule has 7 heteroatoms. The number of hydrogen-bond acceptors (Lipinski definition) is 4. The number of benzene rings is 3. The third kappa shape index (κ3) is 4.85. The highest BCUT2D eigenvalue weighted by Crippen LogP contribution is 2.31. The highest BCUT2D eigenvalue weighted by Gasteiger charge is 2.33. The molecule has 0 radical (unpaired) electrons. The van der Waals surface area contributed by atoms with Crippen LogP contribution in [-0.4, -0.2) is 14.3 Å². The first-order chi connectivity index (χ1) is 13.8. The molecule has 0 heterocycles. The van der Waals surface area contributed by atoms with E-state index in [9.17, 15) is 13.2 Å². The molecular weight excluding hydrogens is 408 g/mol. The van der Waals surface area contributed by atoms with Gasteiger partial charge >= 0.3 is 0 Å². The number of hydrogen-bond donors (Lipinski definition) is 2. The summed E-state index contributed by atoms with van der Waals surface area (Å²) in [5.74, 6) is -0.667. The largest absolute Gasteiger partial charge is 0.368 e. The average Bonchev–Trinajstić information content (AvgIpc) is 2.69. The van der Waals surface area contributed by atoms with E-state index >= 15 is 0 Å². The first-order valence-corrected chi connectivity index (χ1v) is 10.9. The van der Waals surface area contributed by atoms with E-state index in [1.165, 1.54) is 24.3 Å². The van der Waals surface area contributed by atoms with Crippen molar-refractivity contribution in [2.24, 2.45) is 5.73 Å². The minimum Gasteiger partial charge on any atom is -0.368 e. The van der Waals surface area contributed by atoms with E-state index in [0.717, 1.165) is 5.56 Å². The van der Waals surface area contributed by atoms with Crippen molar-refractivity contribution < 1.29 is 13.2 Å². The maximum absolute atomic E-state index is 13.5. The predicted molar refractivity (Wildman–Crippen MR) is 114 cm³/mol. The first kappa shape index (κ1) is 21.0. The van der Waals surface area contributed by atoms with Crippen molar-refractivity contribution in [2.45, 2.75) is 23.2 Å². The summed E-state index contributed by atoms with van der Waals surface area (Å²) >= 11 is 5.91. The van der Waals surface area contributed by atoms with E-state index in [1.807, 2.05) is 19.1 Å². The molecule has 1 unspecified atom stereocenters. The number of nitrogens with two attached hydrogens (primary N) is 1. The molecule has 0 spiro atoms. The van der Waals surface area contributed by atoms with Crippen LogP contribution in [0.4, 0.5) is 0 Å². The SMILES string of the molecule is Cc1cccc([C@H](NC(C(N)=O)c2ccccc2)S(=O)(=O)c2ccc(Cl)cc2)c1. The quantitative estimate of drug-likeness (QED) is 0.596. The van der Waals surface area contributed by atoms with Gasteiger partial charge in [0.05, 0.1) is 4.90 Å². The maximum atomic E-state index is 13.5. The highest BCUT2D eigenvalue weighted by atomic mass is 35.5. The summed E-state index contributed by atoms with van der Waals surface area (Å²) in [6, 6.07) is 20.9.